The first-order valence-corrected chi connectivity index (χ1v) is 15.3. The third-order valence-electron chi connectivity index (χ3n) is 7.61. The minimum atomic E-state index is -0.141. The minimum Gasteiger partial charge on any atom is -0.497 e. The number of Topliss-reactive ketones (excluding diaryl/α,β-unsaturated/α-hetero) is 2. The van der Waals surface area contributed by atoms with Crippen LogP contribution >= 0.6 is 0 Å². The van der Waals surface area contributed by atoms with Gasteiger partial charge in [0.05, 0.1) is 12.7 Å². The Labute approximate surface area is 236 Å². The summed E-state index contributed by atoms with van der Waals surface area (Å²) in [6, 6.07) is 13.0. The maximum Gasteiger partial charge on any atom is 0.231 e. The summed E-state index contributed by atoms with van der Waals surface area (Å²) in [7, 11) is 1.62. The lowest BCUT2D eigenvalue weighted by molar-refractivity contribution is -0.118. The fourth-order valence-corrected chi connectivity index (χ4v) is 5.21. The topological polar surface area (TPSA) is 52.6 Å². The molecule has 0 amide bonds. The molecule has 0 atom stereocenters. The van der Waals surface area contributed by atoms with Gasteiger partial charge in [0.2, 0.25) is 5.78 Å². The first kappa shape index (κ1) is 30.7. The normalized spacial score (nSPS) is 13.5. The maximum absolute atomic E-state index is 12.9. The van der Waals surface area contributed by atoms with E-state index in [4.69, 9.17) is 9.47 Å². The molecule has 1 heterocycles. The molecule has 0 N–H and O–H groups in total. The van der Waals surface area contributed by atoms with E-state index in [9.17, 15) is 9.59 Å². The second-order valence-corrected chi connectivity index (χ2v) is 11.0. The van der Waals surface area contributed by atoms with E-state index in [-0.39, 0.29) is 11.6 Å². The molecule has 4 nitrogen and oxygen atoms in total. The van der Waals surface area contributed by atoms with Gasteiger partial charge in [-0.1, -0.05) is 115 Å². The number of rotatable bonds is 20. The number of carbonyl (C=O) groups excluding carboxylic acids is 2. The highest BCUT2D eigenvalue weighted by atomic mass is 16.5. The molecule has 0 aromatic heterocycles. The molecule has 0 unspecified atom stereocenters. The van der Waals surface area contributed by atoms with Gasteiger partial charge in [-0.05, 0) is 47.9 Å². The van der Waals surface area contributed by atoms with Crippen LogP contribution in [-0.4, -0.2) is 18.7 Å². The molecule has 39 heavy (non-hydrogen) atoms. The van der Waals surface area contributed by atoms with Gasteiger partial charge in [0.1, 0.15) is 17.3 Å². The van der Waals surface area contributed by atoms with E-state index in [1.165, 1.54) is 83.5 Å². The SMILES string of the molecule is CCCCCCCCCCCCCCCCCC(=O)Cc1ccc2c(c1)C(=O)/C(=C/c1ccc(OC)cc1)O2. The number of benzene rings is 2. The second kappa shape index (κ2) is 17.7. The Morgan fingerprint density at radius 2 is 1.33 bits per heavy atom. The molecular formula is C35H48O4. The minimum absolute atomic E-state index is 0.141. The number of methoxy groups -OCH3 is 1. The van der Waals surface area contributed by atoms with Crippen molar-refractivity contribution < 1.29 is 19.1 Å². The van der Waals surface area contributed by atoms with Crippen molar-refractivity contribution in [2.75, 3.05) is 7.11 Å². The molecule has 0 radical (unpaired) electrons. The van der Waals surface area contributed by atoms with Gasteiger partial charge in [0, 0.05) is 12.8 Å². The molecule has 212 valence electrons. The van der Waals surface area contributed by atoms with Crippen LogP contribution in [0.1, 0.15) is 131 Å². The van der Waals surface area contributed by atoms with Gasteiger partial charge in [0.25, 0.3) is 0 Å². The lowest BCUT2D eigenvalue weighted by atomic mass is 10.00. The largest absolute Gasteiger partial charge is 0.497 e. The standard InChI is InChI=1S/C35H48O4/c1-3-4-5-6-7-8-9-10-11-12-13-14-15-16-17-18-30(36)25-29-21-24-33-32(26-29)35(37)34(39-33)27-28-19-22-31(38-2)23-20-28/h19-24,26-27H,3-18,25H2,1-2H3/b34-27-. The van der Waals surface area contributed by atoms with Gasteiger partial charge in [-0.15, -0.1) is 0 Å². The molecule has 0 fully saturated rings. The molecule has 0 saturated carbocycles. The van der Waals surface area contributed by atoms with Crippen LogP contribution in [0.4, 0.5) is 0 Å². The van der Waals surface area contributed by atoms with E-state index < -0.39 is 0 Å². The first-order chi connectivity index (χ1) is 19.1. The van der Waals surface area contributed by atoms with Crippen LogP contribution in [0.25, 0.3) is 6.08 Å². The van der Waals surface area contributed by atoms with Gasteiger partial charge in [-0.3, -0.25) is 9.59 Å². The fourth-order valence-electron chi connectivity index (χ4n) is 5.21. The quantitative estimate of drug-likeness (QED) is 0.126. The highest BCUT2D eigenvalue weighted by molar-refractivity contribution is 6.14. The highest BCUT2D eigenvalue weighted by Crippen LogP contribution is 2.33. The number of hydrogen-bond donors (Lipinski definition) is 0. The molecule has 2 aromatic carbocycles. The van der Waals surface area contributed by atoms with Crippen molar-refractivity contribution in [2.45, 2.75) is 116 Å². The van der Waals surface area contributed by atoms with Crippen molar-refractivity contribution in [3.8, 4) is 11.5 Å². The van der Waals surface area contributed by atoms with Gasteiger partial charge < -0.3 is 9.47 Å². The van der Waals surface area contributed by atoms with Crippen LogP contribution in [0.5, 0.6) is 11.5 Å². The summed E-state index contributed by atoms with van der Waals surface area (Å²) < 4.78 is 11.0. The van der Waals surface area contributed by atoms with Crippen molar-refractivity contribution >= 4 is 17.6 Å². The second-order valence-electron chi connectivity index (χ2n) is 11.0. The van der Waals surface area contributed by atoms with Crippen molar-refractivity contribution in [2.24, 2.45) is 0 Å². The predicted octanol–water partition coefficient (Wildman–Crippen LogP) is 9.68. The molecule has 0 bridgehead atoms. The third-order valence-corrected chi connectivity index (χ3v) is 7.61. The van der Waals surface area contributed by atoms with E-state index in [0.29, 0.717) is 29.9 Å². The van der Waals surface area contributed by atoms with Crippen LogP contribution in [0, 0.1) is 0 Å². The van der Waals surface area contributed by atoms with Gasteiger partial charge in [0.15, 0.2) is 5.76 Å². The number of carbonyl (C=O) groups is 2. The highest BCUT2D eigenvalue weighted by Gasteiger charge is 2.27. The lowest BCUT2D eigenvalue weighted by Gasteiger charge is -2.04. The molecular weight excluding hydrogens is 484 g/mol. The molecule has 2 aromatic rings. The zero-order valence-electron chi connectivity index (χ0n) is 24.3. The van der Waals surface area contributed by atoms with Crippen molar-refractivity contribution in [1.29, 1.82) is 0 Å². The zero-order valence-corrected chi connectivity index (χ0v) is 24.3. The van der Waals surface area contributed by atoms with Crippen LogP contribution in [0.3, 0.4) is 0 Å². The summed E-state index contributed by atoms with van der Waals surface area (Å²) in [5.74, 6) is 1.72. The van der Waals surface area contributed by atoms with Gasteiger partial charge in [-0.25, -0.2) is 0 Å². The smallest absolute Gasteiger partial charge is 0.231 e. The van der Waals surface area contributed by atoms with E-state index in [1.807, 2.05) is 36.4 Å². The number of fused-ring (bicyclic) bond motifs is 1. The Balaban J connectivity index is 1.26. The van der Waals surface area contributed by atoms with E-state index in [2.05, 4.69) is 6.92 Å². The Kier molecular flexibility index (Phi) is 13.9. The fraction of sp³-hybridized carbons (Fsp3) is 0.543. The number of allylic oxidation sites excluding steroid dienone is 1. The number of unbranched alkanes of at least 4 members (excludes halogenated alkanes) is 14. The summed E-state index contributed by atoms with van der Waals surface area (Å²) in [5, 5.41) is 0. The monoisotopic (exact) mass is 532 g/mol. The van der Waals surface area contributed by atoms with E-state index in [0.717, 1.165) is 29.7 Å². The Morgan fingerprint density at radius 3 is 1.90 bits per heavy atom. The predicted molar refractivity (Wildman–Crippen MR) is 161 cm³/mol. The lowest BCUT2D eigenvalue weighted by Crippen LogP contribution is -2.03. The van der Waals surface area contributed by atoms with Crippen LogP contribution in [0.15, 0.2) is 48.2 Å². The molecule has 0 aliphatic carbocycles. The Bertz CT molecular complexity index is 1050. The average Bonchev–Trinajstić information content (AvgIpc) is 3.25. The number of hydrogen-bond acceptors (Lipinski definition) is 4. The van der Waals surface area contributed by atoms with E-state index >= 15 is 0 Å². The van der Waals surface area contributed by atoms with Crippen LogP contribution < -0.4 is 9.47 Å². The number of ketones is 2. The molecule has 1 aliphatic rings. The summed E-state index contributed by atoms with van der Waals surface area (Å²) in [4.78, 5) is 25.4. The third kappa shape index (κ3) is 11.0. The Hall–Kier alpha value is -2.88. The van der Waals surface area contributed by atoms with Crippen LogP contribution in [-0.2, 0) is 11.2 Å². The molecule has 0 spiro atoms. The summed E-state index contributed by atoms with van der Waals surface area (Å²) in [5.41, 5.74) is 2.28. The number of ether oxygens (including phenoxy) is 2. The molecule has 4 heteroatoms. The summed E-state index contributed by atoms with van der Waals surface area (Å²) >= 11 is 0. The molecule has 0 saturated heterocycles. The average molecular weight is 533 g/mol. The van der Waals surface area contributed by atoms with E-state index in [1.54, 1.807) is 19.3 Å². The summed E-state index contributed by atoms with van der Waals surface area (Å²) in [6.07, 6.45) is 22.5. The zero-order chi connectivity index (χ0) is 27.7. The summed E-state index contributed by atoms with van der Waals surface area (Å²) in [6.45, 7) is 2.27. The van der Waals surface area contributed by atoms with Crippen molar-refractivity contribution in [3.63, 3.8) is 0 Å². The van der Waals surface area contributed by atoms with Crippen molar-refractivity contribution in [1.82, 2.24) is 0 Å². The van der Waals surface area contributed by atoms with Crippen LogP contribution in [0.2, 0.25) is 0 Å². The first-order valence-electron chi connectivity index (χ1n) is 15.3. The maximum atomic E-state index is 12.9. The van der Waals surface area contributed by atoms with Crippen molar-refractivity contribution in [3.05, 3.63) is 64.9 Å². The molecule has 1 aliphatic heterocycles. The van der Waals surface area contributed by atoms with Gasteiger partial charge >= 0.3 is 0 Å². The Morgan fingerprint density at radius 1 is 0.769 bits per heavy atom. The molecule has 3 rings (SSSR count). The van der Waals surface area contributed by atoms with Gasteiger partial charge in [-0.2, -0.15) is 0 Å².